The number of aryl methyl sites for hydroxylation is 1. The lowest BCUT2D eigenvalue weighted by molar-refractivity contribution is -0.142. The van der Waals surface area contributed by atoms with Crippen LogP contribution in [0.1, 0.15) is 44.2 Å². The van der Waals surface area contributed by atoms with Gasteiger partial charge in [-0.15, -0.1) is 11.3 Å². The molecule has 7 heteroatoms. The van der Waals surface area contributed by atoms with Gasteiger partial charge in [-0.2, -0.15) is 4.99 Å². The van der Waals surface area contributed by atoms with Crippen molar-refractivity contribution in [1.82, 2.24) is 9.47 Å². The molecule has 0 bridgehead atoms. The molecule has 1 aliphatic heterocycles. The third kappa shape index (κ3) is 4.19. The van der Waals surface area contributed by atoms with Crippen LogP contribution in [0.2, 0.25) is 0 Å². The molecule has 2 atom stereocenters. The van der Waals surface area contributed by atoms with Crippen molar-refractivity contribution in [2.24, 2.45) is 18.0 Å². The number of amides is 2. The molecule has 28 heavy (non-hydrogen) atoms. The summed E-state index contributed by atoms with van der Waals surface area (Å²) in [6.45, 7) is 2.73. The van der Waals surface area contributed by atoms with Crippen molar-refractivity contribution >= 4 is 23.2 Å². The van der Waals surface area contributed by atoms with Crippen LogP contribution in [0, 0.1) is 5.92 Å². The predicted octanol–water partition coefficient (Wildman–Crippen LogP) is 3.30. The van der Waals surface area contributed by atoms with Gasteiger partial charge in [0.05, 0.1) is 19.1 Å². The van der Waals surface area contributed by atoms with Crippen molar-refractivity contribution in [3.8, 4) is 5.75 Å². The SMILES string of the molecule is CCCCN1C(=O)CCC(C(=O)N=c2sccn2C)C1c1ccccc1OC. The van der Waals surface area contributed by atoms with Gasteiger partial charge in [-0.1, -0.05) is 31.5 Å². The largest absolute Gasteiger partial charge is 0.496 e. The summed E-state index contributed by atoms with van der Waals surface area (Å²) < 4.78 is 7.39. The van der Waals surface area contributed by atoms with Gasteiger partial charge in [0.25, 0.3) is 5.91 Å². The topological polar surface area (TPSA) is 63.9 Å². The highest BCUT2D eigenvalue weighted by atomic mass is 32.1. The van der Waals surface area contributed by atoms with E-state index in [1.165, 1.54) is 11.3 Å². The smallest absolute Gasteiger partial charge is 0.253 e. The van der Waals surface area contributed by atoms with E-state index >= 15 is 0 Å². The zero-order valence-electron chi connectivity index (χ0n) is 16.6. The minimum atomic E-state index is -0.382. The second kappa shape index (κ2) is 9.19. The van der Waals surface area contributed by atoms with E-state index in [2.05, 4.69) is 11.9 Å². The van der Waals surface area contributed by atoms with E-state index in [-0.39, 0.29) is 23.8 Å². The Morgan fingerprint density at radius 3 is 2.82 bits per heavy atom. The fourth-order valence-corrected chi connectivity index (χ4v) is 4.45. The summed E-state index contributed by atoms with van der Waals surface area (Å²) in [6, 6.07) is 7.30. The summed E-state index contributed by atoms with van der Waals surface area (Å²) in [5, 5.41) is 1.90. The fraction of sp³-hybridized carbons (Fsp3) is 0.476. The number of ether oxygens (including phenoxy) is 1. The number of thiazole rings is 1. The summed E-state index contributed by atoms with van der Waals surface area (Å²) in [4.78, 5) is 32.8. The van der Waals surface area contributed by atoms with Crippen LogP contribution in [0.5, 0.6) is 5.75 Å². The molecule has 3 rings (SSSR count). The van der Waals surface area contributed by atoms with Crippen LogP contribution in [0.4, 0.5) is 0 Å². The van der Waals surface area contributed by atoms with E-state index in [4.69, 9.17) is 4.74 Å². The molecule has 2 heterocycles. The quantitative estimate of drug-likeness (QED) is 0.746. The fourth-order valence-electron chi connectivity index (χ4n) is 3.71. The van der Waals surface area contributed by atoms with Gasteiger partial charge in [-0.3, -0.25) is 9.59 Å². The number of hydrogen-bond donors (Lipinski definition) is 0. The van der Waals surface area contributed by atoms with Gasteiger partial charge in [0.1, 0.15) is 5.75 Å². The monoisotopic (exact) mass is 401 g/mol. The molecule has 6 nitrogen and oxygen atoms in total. The van der Waals surface area contributed by atoms with E-state index in [9.17, 15) is 9.59 Å². The molecule has 0 spiro atoms. The standard InChI is InChI=1S/C21H27N3O3S/c1-4-5-12-24-18(25)11-10-16(20(26)22-21-23(2)13-14-28-21)19(24)15-8-6-7-9-17(15)27-3/h6-9,13-14,16,19H,4-5,10-12H2,1-3H3. The minimum absolute atomic E-state index is 0.0927. The molecule has 0 N–H and O–H groups in total. The minimum Gasteiger partial charge on any atom is -0.496 e. The predicted molar refractivity (Wildman–Crippen MR) is 109 cm³/mol. The number of carbonyl (C=O) groups is 2. The van der Waals surface area contributed by atoms with E-state index in [0.29, 0.717) is 29.9 Å². The van der Waals surface area contributed by atoms with Gasteiger partial charge in [0.2, 0.25) is 5.91 Å². The van der Waals surface area contributed by atoms with Gasteiger partial charge in [-0.05, 0) is 18.9 Å². The molecule has 1 saturated heterocycles. The number of rotatable bonds is 6. The van der Waals surface area contributed by atoms with Crippen LogP contribution in [-0.2, 0) is 16.6 Å². The molecule has 1 aromatic heterocycles. The van der Waals surface area contributed by atoms with Crippen LogP contribution in [0.15, 0.2) is 40.8 Å². The number of aromatic nitrogens is 1. The molecule has 0 aliphatic carbocycles. The molecule has 0 saturated carbocycles. The maximum atomic E-state index is 13.2. The third-order valence-electron chi connectivity index (χ3n) is 5.20. The van der Waals surface area contributed by atoms with Crippen LogP contribution in [0.3, 0.4) is 0 Å². The highest BCUT2D eigenvalue weighted by molar-refractivity contribution is 7.07. The van der Waals surface area contributed by atoms with Crippen molar-refractivity contribution in [2.45, 2.75) is 38.6 Å². The van der Waals surface area contributed by atoms with E-state index in [1.807, 2.05) is 52.4 Å². The number of nitrogens with zero attached hydrogens (tertiary/aromatic N) is 3. The van der Waals surface area contributed by atoms with E-state index < -0.39 is 0 Å². The van der Waals surface area contributed by atoms with Crippen molar-refractivity contribution in [3.05, 3.63) is 46.2 Å². The Hall–Kier alpha value is -2.41. The van der Waals surface area contributed by atoms with E-state index in [0.717, 1.165) is 18.4 Å². The Kier molecular flexibility index (Phi) is 6.67. The highest BCUT2D eigenvalue weighted by Gasteiger charge is 2.41. The zero-order valence-corrected chi connectivity index (χ0v) is 17.4. The normalized spacial score (nSPS) is 20.5. The maximum absolute atomic E-state index is 13.2. The molecule has 2 aromatic rings. The average Bonchev–Trinajstić information content (AvgIpc) is 3.11. The third-order valence-corrected chi connectivity index (χ3v) is 6.05. The Labute approximate surface area is 169 Å². The van der Waals surface area contributed by atoms with E-state index in [1.54, 1.807) is 7.11 Å². The van der Waals surface area contributed by atoms with Crippen LogP contribution < -0.4 is 9.54 Å². The van der Waals surface area contributed by atoms with Gasteiger partial charge in [0, 0.05) is 37.2 Å². The maximum Gasteiger partial charge on any atom is 0.253 e. The Bertz CT molecular complexity index is 902. The summed E-state index contributed by atoms with van der Waals surface area (Å²) in [5.74, 6) is 0.231. The van der Waals surface area contributed by atoms with Crippen LogP contribution >= 0.6 is 11.3 Å². The van der Waals surface area contributed by atoms with Gasteiger partial charge >= 0.3 is 0 Å². The first-order valence-corrected chi connectivity index (χ1v) is 10.6. The van der Waals surface area contributed by atoms with Crippen LogP contribution in [0.25, 0.3) is 0 Å². The molecule has 2 unspecified atom stereocenters. The first kappa shape index (κ1) is 20.3. The Morgan fingerprint density at radius 2 is 2.14 bits per heavy atom. The molecule has 1 aliphatic rings. The Balaban J connectivity index is 2.04. The first-order chi connectivity index (χ1) is 13.6. The number of unbranched alkanes of at least 4 members (excludes halogenated alkanes) is 1. The summed E-state index contributed by atoms with van der Waals surface area (Å²) in [5.41, 5.74) is 0.873. The second-order valence-electron chi connectivity index (χ2n) is 7.02. The lowest BCUT2D eigenvalue weighted by Gasteiger charge is -2.40. The Morgan fingerprint density at radius 1 is 1.36 bits per heavy atom. The van der Waals surface area contributed by atoms with Crippen molar-refractivity contribution in [1.29, 1.82) is 0 Å². The molecular weight excluding hydrogens is 374 g/mol. The van der Waals surface area contributed by atoms with Crippen molar-refractivity contribution < 1.29 is 14.3 Å². The lowest BCUT2D eigenvalue weighted by Crippen LogP contribution is -2.45. The van der Waals surface area contributed by atoms with Gasteiger partial charge in [0.15, 0.2) is 4.80 Å². The van der Waals surface area contributed by atoms with Crippen LogP contribution in [-0.4, -0.2) is 34.9 Å². The first-order valence-electron chi connectivity index (χ1n) is 9.67. The number of likely N-dealkylation sites (tertiary alicyclic amines) is 1. The number of piperidine rings is 1. The molecule has 0 radical (unpaired) electrons. The van der Waals surface area contributed by atoms with Crippen molar-refractivity contribution in [3.63, 3.8) is 0 Å². The lowest BCUT2D eigenvalue weighted by atomic mass is 9.83. The summed E-state index contributed by atoms with van der Waals surface area (Å²) >= 11 is 1.43. The molecule has 1 fully saturated rings. The number of benzene rings is 1. The van der Waals surface area contributed by atoms with Crippen molar-refractivity contribution in [2.75, 3.05) is 13.7 Å². The number of methoxy groups -OCH3 is 1. The second-order valence-corrected chi connectivity index (χ2v) is 7.89. The molecule has 150 valence electrons. The van der Waals surface area contributed by atoms with Gasteiger partial charge < -0.3 is 14.2 Å². The molecule has 1 aromatic carbocycles. The number of hydrogen-bond acceptors (Lipinski definition) is 4. The van der Waals surface area contributed by atoms with Gasteiger partial charge in [-0.25, -0.2) is 0 Å². The molecular formula is C21H27N3O3S. The zero-order chi connectivity index (χ0) is 20.1. The summed E-state index contributed by atoms with van der Waals surface area (Å²) in [7, 11) is 3.49. The average molecular weight is 402 g/mol. The number of para-hydroxylation sites is 1. The molecule has 2 amide bonds. The number of carbonyl (C=O) groups excluding carboxylic acids is 2. The highest BCUT2D eigenvalue weighted by Crippen LogP contribution is 2.41. The summed E-state index contributed by atoms with van der Waals surface area (Å²) in [6.07, 6.45) is 4.64.